The molecule has 0 fully saturated rings. The highest BCUT2D eigenvalue weighted by molar-refractivity contribution is 8.39. The zero-order chi connectivity index (χ0) is 16.9. The Morgan fingerprint density at radius 3 is 2.92 bits per heavy atom. The monoisotopic (exact) mass is 378 g/mol. The molecule has 5 nitrogen and oxygen atoms in total. The third-order valence-electron chi connectivity index (χ3n) is 3.49. The number of hydrogen-bond acceptors (Lipinski definition) is 7. The van der Waals surface area contributed by atoms with Crippen molar-refractivity contribution in [3.8, 4) is 10.6 Å². The number of aryl methyl sites for hydroxylation is 1. The zero-order valence-electron chi connectivity index (χ0n) is 13.5. The van der Waals surface area contributed by atoms with E-state index in [2.05, 4.69) is 20.5 Å². The molecule has 1 aliphatic rings. The maximum atomic E-state index is 12.5. The minimum atomic E-state index is -0.153. The Labute approximate surface area is 153 Å². The molecule has 126 valence electrons. The number of aliphatic imine (C=N–C) groups is 1. The van der Waals surface area contributed by atoms with Crippen LogP contribution in [0.2, 0.25) is 0 Å². The molecule has 1 unspecified atom stereocenters. The van der Waals surface area contributed by atoms with Crippen LogP contribution in [0, 0.1) is 6.92 Å². The fourth-order valence-corrected chi connectivity index (χ4v) is 5.20. The molecule has 1 atom stereocenters. The maximum Gasteiger partial charge on any atom is 0.239 e. The molecule has 0 aliphatic carbocycles. The average Bonchev–Trinajstić information content (AvgIpc) is 3.24. The lowest BCUT2D eigenvalue weighted by molar-refractivity contribution is -0.115. The molecule has 1 N–H and O–H groups in total. The Morgan fingerprint density at radius 2 is 2.21 bits per heavy atom. The van der Waals surface area contributed by atoms with Crippen molar-refractivity contribution in [2.75, 3.05) is 17.6 Å². The molecule has 1 aromatic heterocycles. The lowest BCUT2D eigenvalue weighted by Crippen LogP contribution is -2.25. The van der Waals surface area contributed by atoms with E-state index in [1.807, 2.05) is 38.1 Å². The number of nitrogens with one attached hydrogen (secondary N) is 1. The molecule has 2 heterocycles. The topological polar surface area (TPSA) is 67.2 Å². The summed E-state index contributed by atoms with van der Waals surface area (Å²) in [5, 5.41) is 12.4. The van der Waals surface area contributed by atoms with Crippen molar-refractivity contribution in [1.29, 1.82) is 0 Å². The predicted molar refractivity (Wildman–Crippen MR) is 105 cm³/mol. The Bertz CT molecular complexity index is 759. The van der Waals surface area contributed by atoms with Gasteiger partial charge in [-0.25, -0.2) is 0 Å². The van der Waals surface area contributed by atoms with E-state index in [4.69, 9.17) is 0 Å². The van der Waals surface area contributed by atoms with Gasteiger partial charge in [0.15, 0.2) is 0 Å². The molecular weight excluding hydrogens is 360 g/mol. The molecule has 3 rings (SSSR count). The fourth-order valence-electron chi connectivity index (χ4n) is 2.21. The van der Waals surface area contributed by atoms with Gasteiger partial charge >= 0.3 is 0 Å². The smallest absolute Gasteiger partial charge is 0.239 e. The highest BCUT2D eigenvalue weighted by Gasteiger charge is 2.23. The highest BCUT2D eigenvalue weighted by atomic mass is 32.2. The van der Waals surface area contributed by atoms with E-state index >= 15 is 0 Å². The van der Waals surface area contributed by atoms with E-state index < -0.39 is 0 Å². The summed E-state index contributed by atoms with van der Waals surface area (Å²) >= 11 is 4.66. The first-order valence-corrected chi connectivity index (χ1v) is 10.4. The van der Waals surface area contributed by atoms with Crippen LogP contribution in [0.15, 0.2) is 29.3 Å². The van der Waals surface area contributed by atoms with Crippen molar-refractivity contribution >= 4 is 50.3 Å². The Kier molecular flexibility index (Phi) is 5.91. The molecule has 0 saturated heterocycles. The van der Waals surface area contributed by atoms with Crippen LogP contribution in [0.3, 0.4) is 0 Å². The van der Waals surface area contributed by atoms with Gasteiger partial charge in [-0.1, -0.05) is 66.0 Å². The number of amides is 1. The normalized spacial score (nSPS) is 15.2. The minimum absolute atomic E-state index is 0.0369. The summed E-state index contributed by atoms with van der Waals surface area (Å²) in [6.45, 7) is 4.90. The Morgan fingerprint density at radius 1 is 1.38 bits per heavy atom. The van der Waals surface area contributed by atoms with Crippen LogP contribution >= 0.6 is 34.9 Å². The van der Waals surface area contributed by atoms with Crippen LogP contribution in [0.25, 0.3) is 10.6 Å². The quantitative estimate of drug-likeness (QED) is 0.849. The van der Waals surface area contributed by atoms with Crippen LogP contribution in [-0.4, -0.2) is 38.0 Å². The van der Waals surface area contributed by atoms with Crippen LogP contribution in [0.4, 0.5) is 5.13 Å². The van der Waals surface area contributed by atoms with Crippen LogP contribution < -0.4 is 5.32 Å². The first kappa shape index (κ1) is 17.4. The van der Waals surface area contributed by atoms with Gasteiger partial charge in [-0.2, -0.15) is 0 Å². The van der Waals surface area contributed by atoms with Gasteiger partial charge in [0, 0.05) is 11.3 Å². The molecule has 0 bridgehead atoms. The van der Waals surface area contributed by atoms with E-state index in [0.717, 1.165) is 39.2 Å². The molecule has 0 spiro atoms. The fraction of sp³-hybridized carbons (Fsp3) is 0.375. The largest absolute Gasteiger partial charge is 0.300 e. The molecule has 8 heteroatoms. The Hall–Kier alpha value is -1.38. The van der Waals surface area contributed by atoms with Gasteiger partial charge in [0.05, 0.1) is 11.8 Å². The molecule has 0 radical (unpaired) electrons. The first-order valence-electron chi connectivity index (χ1n) is 7.71. The van der Waals surface area contributed by atoms with Gasteiger partial charge in [0.25, 0.3) is 0 Å². The number of carbonyl (C=O) groups is 1. The van der Waals surface area contributed by atoms with Gasteiger partial charge in [-0.3, -0.25) is 15.1 Å². The summed E-state index contributed by atoms with van der Waals surface area (Å²) in [4.78, 5) is 16.9. The average molecular weight is 379 g/mol. The number of carbonyl (C=O) groups excluding carboxylic acids is 1. The second-order valence-corrected chi connectivity index (χ2v) is 8.74. The van der Waals surface area contributed by atoms with E-state index in [9.17, 15) is 4.79 Å². The van der Waals surface area contributed by atoms with Gasteiger partial charge < -0.3 is 0 Å². The van der Waals surface area contributed by atoms with Gasteiger partial charge in [0.2, 0.25) is 11.0 Å². The second-order valence-electron chi connectivity index (χ2n) is 5.23. The van der Waals surface area contributed by atoms with E-state index in [1.54, 1.807) is 23.5 Å². The third kappa shape index (κ3) is 4.17. The third-order valence-corrected chi connectivity index (χ3v) is 6.93. The summed E-state index contributed by atoms with van der Waals surface area (Å²) in [6.07, 6.45) is 0.750. The molecular formula is C16H18N4OS3. The van der Waals surface area contributed by atoms with Crippen molar-refractivity contribution in [3.05, 3.63) is 29.8 Å². The molecule has 1 amide bonds. The Balaban J connectivity index is 1.67. The van der Waals surface area contributed by atoms with Crippen molar-refractivity contribution in [2.24, 2.45) is 4.99 Å². The number of rotatable bonds is 5. The van der Waals surface area contributed by atoms with Gasteiger partial charge in [-0.15, -0.1) is 10.2 Å². The molecule has 1 aromatic carbocycles. The lowest BCUT2D eigenvalue weighted by atomic mass is 10.1. The molecule has 0 saturated carbocycles. The van der Waals surface area contributed by atoms with Crippen molar-refractivity contribution in [3.63, 3.8) is 0 Å². The summed E-state index contributed by atoms with van der Waals surface area (Å²) in [5.74, 6) is 0.974. The van der Waals surface area contributed by atoms with E-state index in [0.29, 0.717) is 5.13 Å². The minimum Gasteiger partial charge on any atom is -0.300 e. The number of thioether (sulfide) groups is 2. The summed E-state index contributed by atoms with van der Waals surface area (Å²) in [7, 11) is 0. The van der Waals surface area contributed by atoms with Crippen LogP contribution in [0.5, 0.6) is 0 Å². The lowest BCUT2D eigenvalue weighted by Gasteiger charge is -2.12. The predicted octanol–water partition coefficient (Wildman–Crippen LogP) is 4.07. The number of anilines is 1. The first-order chi connectivity index (χ1) is 11.7. The number of aromatic nitrogens is 2. The molecule has 2 aromatic rings. The summed E-state index contributed by atoms with van der Waals surface area (Å²) in [6, 6.07) is 8.03. The number of benzene rings is 1. The van der Waals surface area contributed by atoms with Crippen LogP contribution in [0.1, 0.15) is 18.9 Å². The van der Waals surface area contributed by atoms with Gasteiger partial charge in [-0.05, 0) is 18.9 Å². The highest BCUT2D eigenvalue weighted by Crippen LogP contribution is 2.31. The summed E-state index contributed by atoms with van der Waals surface area (Å²) < 4.78 is 1.01. The standard InChI is InChI=1S/C16H18N4OS3/c1-3-12(23-16-17-8-9-22-16)13(21)18-15-20-19-14(24-15)11-7-5-4-6-10(11)2/h4-7,12H,3,8-9H2,1-2H3,(H,18,20,21). The second kappa shape index (κ2) is 8.13. The zero-order valence-corrected chi connectivity index (χ0v) is 15.9. The SMILES string of the molecule is CCC(SC1=NCCS1)C(=O)Nc1nnc(-c2ccccc2C)s1. The molecule has 1 aliphatic heterocycles. The summed E-state index contributed by atoms with van der Waals surface area (Å²) in [5.41, 5.74) is 2.19. The van der Waals surface area contributed by atoms with Crippen molar-refractivity contribution < 1.29 is 4.79 Å². The van der Waals surface area contributed by atoms with Gasteiger partial charge in [0.1, 0.15) is 9.38 Å². The van der Waals surface area contributed by atoms with E-state index in [-0.39, 0.29) is 11.2 Å². The number of nitrogens with zero attached hydrogens (tertiary/aromatic N) is 3. The van der Waals surface area contributed by atoms with Crippen molar-refractivity contribution in [1.82, 2.24) is 10.2 Å². The maximum absolute atomic E-state index is 12.5. The van der Waals surface area contributed by atoms with E-state index in [1.165, 1.54) is 11.3 Å². The van der Waals surface area contributed by atoms with Crippen LogP contribution in [-0.2, 0) is 4.79 Å². The number of hydrogen-bond donors (Lipinski definition) is 1. The van der Waals surface area contributed by atoms with Crippen molar-refractivity contribution in [2.45, 2.75) is 25.5 Å². The molecule has 24 heavy (non-hydrogen) atoms.